The third-order valence-electron chi connectivity index (χ3n) is 11.0. The summed E-state index contributed by atoms with van der Waals surface area (Å²) in [5, 5.41) is 12.4. The highest BCUT2D eigenvalue weighted by atomic mass is 15.0. The van der Waals surface area contributed by atoms with E-state index in [1.54, 1.807) is 0 Å². The van der Waals surface area contributed by atoms with Crippen LogP contribution >= 0.6 is 0 Å². The van der Waals surface area contributed by atoms with Crippen molar-refractivity contribution in [3.05, 3.63) is 194 Å². The predicted molar refractivity (Wildman–Crippen MR) is 225 cm³/mol. The normalized spacial score (nSPS) is 11.8. The average molecular weight is 673 g/mol. The first-order valence-corrected chi connectivity index (χ1v) is 18.2. The van der Waals surface area contributed by atoms with E-state index >= 15 is 0 Å². The molecule has 2 nitrogen and oxygen atoms in total. The van der Waals surface area contributed by atoms with Gasteiger partial charge >= 0.3 is 0 Å². The molecule has 2 heterocycles. The van der Waals surface area contributed by atoms with Crippen LogP contribution in [0.15, 0.2) is 194 Å². The lowest BCUT2D eigenvalue weighted by atomic mass is 9.84. The van der Waals surface area contributed by atoms with Crippen LogP contribution in [0, 0.1) is 0 Å². The Labute approximate surface area is 306 Å². The van der Waals surface area contributed by atoms with E-state index in [1.807, 2.05) is 12.4 Å². The summed E-state index contributed by atoms with van der Waals surface area (Å²) in [4.78, 5) is 4.47. The Morgan fingerprint density at radius 3 is 1.58 bits per heavy atom. The van der Waals surface area contributed by atoms with Crippen molar-refractivity contribution >= 4 is 64.9 Å². The molecular weight excluding hydrogens is 641 g/mol. The highest BCUT2D eigenvalue weighted by Crippen LogP contribution is 2.46. The van der Waals surface area contributed by atoms with E-state index in [0.29, 0.717) is 0 Å². The molecule has 53 heavy (non-hydrogen) atoms. The second-order valence-corrected chi connectivity index (χ2v) is 14.0. The molecule has 0 saturated heterocycles. The van der Waals surface area contributed by atoms with Crippen molar-refractivity contribution in [1.29, 1.82) is 0 Å². The zero-order chi connectivity index (χ0) is 34.9. The number of fused-ring (bicyclic) bond motifs is 7. The largest absolute Gasteiger partial charge is 0.309 e. The maximum atomic E-state index is 4.47. The number of pyridine rings is 1. The summed E-state index contributed by atoms with van der Waals surface area (Å²) in [6, 6.07) is 66.8. The van der Waals surface area contributed by atoms with E-state index in [9.17, 15) is 0 Å². The van der Waals surface area contributed by atoms with Gasteiger partial charge in [-0.1, -0.05) is 140 Å². The highest BCUT2D eigenvalue weighted by Gasteiger charge is 2.19. The molecule has 0 atom stereocenters. The Morgan fingerprint density at radius 2 is 0.868 bits per heavy atom. The molecule has 0 aliphatic heterocycles. The predicted octanol–water partition coefficient (Wildman–Crippen LogP) is 13.8. The van der Waals surface area contributed by atoms with Crippen LogP contribution in [0.2, 0.25) is 0 Å². The van der Waals surface area contributed by atoms with E-state index in [-0.39, 0.29) is 0 Å². The van der Waals surface area contributed by atoms with Crippen LogP contribution in [0.25, 0.3) is 104 Å². The number of aromatic nitrogens is 2. The first-order valence-electron chi connectivity index (χ1n) is 18.2. The third-order valence-corrected chi connectivity index (χ3v) is 11.0. The Hall–Kier alpha value is -7.03. The van der Waals surface area contributed by atoms with Gasteiger partial charge in [0.1, 0.15) is 0 Å². The number of para-hydroxylation sites is 1. The molecule has 0 saturated carbocycles. The number of rotatable bonds is 4. The minimum Gasteiger partial charge on any atom is -0.309 e. The van der Waals surface area contributed by atoms with Crippen LogP contribution in [0.5, 0.6) is 0 Å². The SMILES string of the molecule is c1cc(-c2ccc3c(-c4ccc5ccccc5c4)c4ccccc4c(-c4ccc5ccccc5c4)c3c2)cc(-n2c3ccccc3c3cnccc32)c1. The average Bonchev–Trinajstić information content (AvgIpc) is 3.57. The van der Waals surface area contributed by atoms with Crippen molar-refractivity contribution < 1.29 is 0 Å². The second-order valence-electron chi connectivity index (χ2n) is 14.0. The summed E-state index contributed by atoms with van der Waals surface area (Å²) < 4.78 is 2.36. The maximum Gasteiger partial charge on any atom is 0.0571 e. The lowest BCUT2D eigenvalue weighted by Crippen LogP contribution is -1.95. The van der Waals surface area contributed by atoms with Crippen molar-refractivity contribution in [3.8, 4) is 39.1 Å². The monoisotopic (exact) mass is 672 g/mol. The summed E-state index contributed by atoms with van der Waals surface area (Å²) in [7, 11) is 0. The van der Waals surface area contributed by atoms with Crippen molar-refractivity contribution in [2.24, 2.45) is 0 Å². The summed E-state index contributed by atoms with van der Waals surface area (Å²) in [5.74, 6) is 0. The molecule has 2 heteroatoms. The van der Waals surface area contributed by atoms with Gasteiger partial charge in [0.05, 0.1) is 11.0 Å². The maximum absolute atomic E-state index is 4.47. The van der Waals surface area contributed by atoms with Gasteiger partial charge in [0, 0.05) is 28.9 Å². The van der Waals surface area contributed by atoms with Gasteiger partial charge in [-0.2, -0.15) is 0 Å². The molecular formula is C51H32N2. The molecule has 0 N–H and O–H groups in total. The van der Waals surface area contributed by atoms with Gasteiger partial charge in [-0.05, 0) is 119 Å². The molecule has 0 aliphatic carbocycles. The Kier molecular flexibility index (Phi) is 6.59. The van der Waals surface area contributed by atoms with Crippen LogP contribution in [0.4, 0.5) is 0 Å². The number of hydrogen-bond donors (Lipinski definition) is 0. The van der Waals surface area contributed by atoms with Crippen LogP contribution in [0.1, 0.15) is 0 Å². The van der Waals surface area contributed by atoms with Crippen LogP contribution in [-0.4, -0.2) is 9.55 Å². The Bertz CT molecular complexity index is 3190. The standard InChI is InChI=1S/C51H32N2/c1-3-12-35-28-39(22-20-33(35)10-1)50-43-17-5-6-18-44(43)51(40-23-21-34-11-2-4-13-36(34)29-40)46-31-38(24-25-45(46)50)37-14-9-15-41(30-37)53-48-19-8-7-16-42(48)47-32-52-27-26-49(47)53/h1-32H. The number of benzene rings is 9. The molecule has 0 unspecified atom stereocenters. The smallest absolute Gasteiger partial charge is 0.0571 e. The lowest BCUT2D eigenvalue weighted by molar-refractivity contribution is 1.17. The fourth-order valence-electron chi connectivity index (χ4n) is 8.59. The second kappa shape index (κ2) is 11.8. The highest BCUT2D eigenvalue weighted by molar-refractivity contribution is 6.22. The molecule has 11 aromatic rings. The van der Waals surface area contributed by atoms with Crippen molar-refractivity contribution in [2.45, 2.75) is 0 Å². The molecule has 246 valence electrons. The van der Waals surface area contributed by atoms with Gasteiger partial charge in [0.25, 0.3) is 0 Å². The first-order chi connectivity index (χ1) is 26.3. The molecule has 9 aromatic carbocycles. The van der Waals surface area contributed by atoms with Crippen molar-refractivity contribution in [2.75, 3.05) is 0 Å². The quantitative estimate of drug-likeness (QED) is 0.170. The van der Waals surface area contributed by atoms with Gasteiger partial charge in [-0.15, -0.1) is 0 Å². The summed E-state index contributed by atoms with van der Waals surface area (Å²) in [6.45, 7) is 0. The molecule has 2 aromatic heterocycles. The van der Waals surface area contributed by atoms with Gasteiger partial charge < -0.3 is 4.57 Å². The summed E-state index contributed by atoms with van der Waals surface area (Å²) in [6.07, 6.45) is 3.86. The lowest BCUT2D eigenvalue weighted by Gasteiger charge is -2.19. The molecule has 0 amide bonds. The Morgan fingerprint density at radius 1 is 0.321 bits per heavy atom. The Balaban J connectivity index is 1.19. The van der Waals surface area contributed by atoms with Gasteiger partial charge in [0.2, 0.25) is 0 Å². The fourth-order valence-corrected chi connectivity index (χ4v) is 8.59. The van der Waals surface area contributed by atoms with Crippen molar-refractivity contribution in [3.63, 3.8) is 0 Å². The van der Waals surface area contributed by atoms with Crippen LogP contribution in [-0.2, 0) is 0 Å². The molecule has 0 aliphatic rings. The van der Waals surface area contributed by atoms with Crippen LogP contribution in [0.3, 0.4) is 0 Å². The van der Waals surface area contributed by atoms with E-state index in [0.717, 1.165) is 16.6 Å². The summed E-state index contributed by atoms with van der Waals surface area (Å²) in [5.41, 5.74) is 10.8. The van der Waals surface area contributed by atoms with E-state index in [2.05, 4.69) is 192 Å². The fraction of sp³-hybridized carbons (Fsp3) is 0. The third kappa shape index (κ3) is 4.70. The zero-order valence-corrected chi connectivity index (χ0v) is 28.9. The molecule has 0 fully saturated rings. The summed E-state index contributed by atoms with van der Waals surface area (Å²) >= 11 is 0. The zero-order valence-electron chi connectivity index (χ0n) is 28.9. The molecule has 0 spiro atoms. The number of hydrogen-bond acceptors (Lipinski definition) is 1. The van der Waals surface area contributed by atoms with Crippen molar-refractivity contribution in [1.82, 2.24) is 9.55 Å². The van der Waals surface area contributed by atoms with Gasteiger partial charge in [-0.25, -0.2) is 0 Å². The van der Waals surface area contributed by atoms with E-state index < -0.39 is 0 Å². The van der Waals surface area contributed by atoms with Crippen LogP contribution < -0.4 is 0 Å². The molecule has 11 rings (SSSR count). The van der Waals surface area contributed by atoms with Gasteiger partial charge in [-0.3, -0.25) is 4.98 Å². The van der Waals surface area contributed by atoms with E-state index in [4.69, 9.17) is 0 Å². The molecule has 0 radical (unpaired) electrons. The van der Waals surface area contributed by atoms with Gasteiger partial charge in [0.15, 0.2) is 0 Å². The topological polar surface area (TPSA) is 17.8 Å². The number of nitrogens with zero attached hydrogens (tertiary/aromatic N) is 2. The minimum absolute atomic E-state index is 1.13. The minimum atomic E-state index is 1.13. The van der Waals surface area contributed by atoms with E-state index in [1.165, 1.54) is 87.4 Å². The molecule has 0 bridgehead atoms. The first kappa shape index (κ1) is 29.7.